The molecule has 52 valence electrons. The van der Waals surface area contributed by atoms with Crippen molar-refractivity contribution in [2.75, 3.05) is 7.05 Å². The van der Waals surface area contributed by atoms with Crippen LogP contribution in [0.1, 0.15) is 20.3 Å². The summed E-state index contributed by atoms with van der Waals surface area (Å²) >= 11 is 0. The van der Waals surface area contributed by atoms with Crippen LogP contribution >= 0.6 is 0 Å². The van der Waals surface area contributed by atoms with Crippen molar-refractivity contribution in [2.45, 2.75) is 20.3 Å². The van der Waals surface area contributed by atoms with Crippen LogP contribution in [0.5, 0.6) is 0 Å². The zero-order valence-electron chi connectivity index (χ0n) is 6.46. The molecule has 1 heteroatoms. The molecule has 0 bridgehead atoms. The van der Waals surface area contributed by atoms with E-state index in [4.69, 9.17) is 0 Å². The maximum atomic E-state index is 3.82. The lowest BCUT2D eigenvalue weighted by molar-refractivity contribution is 0.664. The lowest BCUT2D eigenvalue weighted by Crippen LogP contribution is -1.80. The molecule has 0 aliphatic rings. The number of hydrogen-bond acceptors (Lipinski definition) is 1. The third-order valence-electron chi connectivity index (χ3n) is 0.979. The maximum Gasteiger partial charge on any atom is 0.0277 e. The largest absolute Gasteiger partial charge is 0.297 e. The Bertz CT molecular complexity index is 101. The monoisotopic (exact) mass is 125 g/mol. The molecule has 0 atom stereocenters. The molecule has 0 aromatic carbocycles. The predicted molar refractivity (Wildman–Crippen MR) is 43.0 cm³/mol. The highest BCUT2D eigenvalue weighted by molar-refractivity contribution is 5.70. The minimum atomic E-state index is 0.756. The Labute approximate surface area is 57.5 Å². The summed E-state index contributed by atoms with van der Waals surface area (Å²) in [5.74, 6) is 0.756. The summed E-state index contributed by atoms with van der Waals surface area (Å²) in [7, 11) is 1.78. The molecule has 0 spiro atoms. The van der Waals surface area contributed by atoms with Gasteiger partial charge in [-0.15, -0.1) is 0 Å². The van der Waals surface area contributed by atoms with Crippen LogP contribution in [-0.2, 0) is 0 Å². The van der Waals surface area contributed by atoms with Gasteiger partial charge in [-0.05, 0) is 18.4 Å². The number of aliphatic imine (C=N–C) groups is 1. The first kappa shape index (κ1) is 8.41. The van der Waals surface area contributed by atoms with Crippen LogP contribution < -0.4 is 0 Å². The third kappa shape index (κ3) is 7.41. The van der Waals surface area contributed by atoms with Gasteiger partial charge in [0.2, 0.25) is 0 Å². The Kier molecular flexibility index (Phi) is 5.18. The van der Waals surface area contributed by atoms with E-state index in [1.54, 1.807) is 7.05 Å². The number of hydrogen-bond donors (Lipinski definition) is 0. The lowest BCUT2D eigenvalue weighted by atomic mass is 10.1. The molecule has 0 aromatic rings. The smallest absolute Gasteiger partial charge is 0.0277 e. The van der Waals surface area contributed by atoms with Gasteiger partial charge < -0.3 is 0 Å². The van der Waals surface area contributed by atoms with Crippen molar-refractivity contribution in [2.24, 2.45) is 10.9 Å². The number of allylic oxidation sites excluding steroid dienone is 2. The van der Waals surface area contributed by atoms with E-state index in [2.05, 4.69) is 24.9 Å². The molecule has 1 nitrogen and oxygen atoms in total. The van der Waals surface area contributed by atoms with Crippen molar-refractivity contribution < 1.29 is 0 Å². The highest BCUT2D eigenvalue weighted by atomic mass is 14.6. The van der Waals surface area contributed by atoms with Crippen molar-refractivity contribution in [3.8, 4) is 0 Å². The molecule has 0 N–H and O–H groups in total. The van der Waals surface area contributed by atoms with Gasteiger partial charge in [0.05, 0.1) is 0 Å². The first-order chi connectivity index (χ1) is 4.27. The Hall–Kier alpha value is -0.590. The van der Waals surface area contributed by atoms with Gasteiger partial charge in [-0.1, -0.05) is 19.9 Å². The molecule has 0 radical (unpaired) electrons. The molecule has 0 saturated heterocycles. The SMILES string of the molecule is CN=CC=CCC(C)C. The second-order valence-electron chi connectivity index (χ2n) is 2.46. The average molecular weight is 125 g/mol. The molecule has 0 unspecified atom stereocenters. The Balaban J connectivity index is 3.25. The van der Waals surface area contributed by atoms with Crippen LogP contribution in [-0.4, -0.2) is 13.3 Å². The lowest BCUT2D eigenvalue weighted by Gasteiger charge is -1.94. The fraction of sp³-hybridized carbons (Fsp3) is 0.625. The molecule has 9 heavy (non-hydrogen) atoms. The number of rotatable bonds is 3. The zero-order chi connectivity index (χ0) is 7.11. The second kappa shape index (κ2) is 5.54. The van der Waals surface area contributed by atoms with Gasteiger partial charge in [-0.25, -0.2) is 0 Å². The molecular formula is C8H15N. The summed E-state index contributed by atoms with van der Waals surface area (Å²) in [4.78, 5) is 3.82. The fourth-order valence-corrected chi connectivity index (χ4v) is 0.498. The van der Waals surface area contributed by atoms with E-state index in [0.29, 0.717) is 0 Å². The highest BCUT2D eigenvalue weighted by Crippen LogP contribution is 1.98. The third-order valence-corrected chi connectivity index (χ3v) is 0.979. The summed E-state index contributed by atoms with van der Waals surface area (Å²) in [6, 6.07) is 0. The quantitative estimate of drug-likeness (QED) is 0.513. The van der Waals surface area contributed by atoms with E-state index in [0.717, 1.165) is 12.3 Å². The van der Waals surface area contributed by atoms with Crippen molar-refractivity contribution in [1.82, 2.24) is 0 Å². The summed E-state index contributed by atoms with van der Waals surface area (Å²) in [5.41, 5.74) is 0. The topological polar surface area (TPSA) is 12.4 Å². The van der Waals surface area contributed by atoms with Crippen LogP contribution in [0.3, 0.4) is 0 Å². The molecule has 0 heterocycles. The fourth-order valence-electron chi connectivity index (χ4n) is 0.498. The van der Waals surface area contributed by atoms with Crippen molar-refractivity contribution in [3.05, 3.63) is 12.2 Å². The van der Waals surface area contributed by atoms with Gasteiger partial charge in [0.1, 0.15) is 0 Å². The molecular weight excluding hydrogens is 110 g/mol. The summed E-state index contributed by atoms with van der Waals surface area (Å²) in [6.45, 7) is 4.40. The van der Waals surface area contributed by atoms with E-state index in [1.807, 2.05) is 12.3 Å². The number of nitrogens with zero attached hydrogens (tertiary/aromatic N) is 1. The normalized spacial score (nSPS) is 12.4. The van der Waals surface area contributed by atoms with Crippen molar-refractivity contribution >= 4 is 6.21 Å². The maximum absolute atomic E-state index is 3.82. The second-order valence-corrected chi connectivity index (χ2v) is 2.46. The predicted octanol–water partition coefficient (Wildman–Crippen LogP) is 2.29. The van der Waals surface area contributed by atoms with E-state index in [-0.39, 0.29) is 0 Å². The average Bonchev–Trinajstić information content (AvgIpc) is 1.80. The van der Waals surface area contributed by atoms with Gasteiger partial charge in [-0.3, -0.25) is 4.99 Å². The molecule has 0 fully saturated rings. The minimum absolute atomic E-state index is 0.756. The first-order valence-electron chi connectivity index (χ1n) is 3.34. The molecule has 0 amide bonds. The highest BCUT2D eigenvalue weighted by Gasteiger charge is 1.84. The Morgan fingerprint density at radius 2 is 2.11 bits per heavy atom. The van der Waals surface area contributed by atoms with Crippen LogP contribution in [0, 0.1) is 5.92 Å². The summed E-state index contributed by atoms with van der Waals surface area (Å²) in [6.07, 6.45) is 7.08. The van der Waals surface area contributed by atoms with Gasteiger partial charge in [-0.2, -0.15) is 0 Å². The Morgan fingerprint density at radius 1 is 1.44 bits per heavy atom. The van der Waals surface area contributed by atoms with Crippen molar-refractivity contribution in [3.63, 3.8) is 0 Å². The van der Waals surface area contributed by atoms with E-state index in [9.17, 15) is 0 Å². The van der Waals surface area contributed by atoms with Gasteiger partial charge in [0.15, 0.2) is 0 Å². The molecule has 0 saturated carbocycles. The van der Waals surface area contributed by atoms with E-state index < -0.39 is 0 Å². The van der Waals surface area contributed by atoms with Crippen molar-refractivity contribution in [1.29, 1.82) is 0 Å². The summed E-state index contributed by atoms with van der Waals surface area (Å²) < 4.78 is 0. The zero-order valence-corrected chi connectivity index (χ0v) is 6.46. The van der Waals surface area contributed by atoms with E-state index >= 15 is 0 Å². The van der Waals surface area contributed by atoms with Crippen LogP contribution in [0.4, 0.5) is 0 Å². The standard InChI is InChI=1S/C8H15N/c1-8(2)6-4-5-7-9-3/h4-5,7-8H,6H2,1-3H3. The van der Waals surface area contributed by atoms with Crippen LogP contribution in [0.15, 0.2) is 17.1 Å². The minimum Gasteiger partial charge on any atom is -0.297 e. The van der Waals surface area contributed by atoms with Crippen LogP contribution in [0.2, 0.25) is 0 Å². The first-order valence-corrected chi connectivity index (χ1v) is 3.34. The molecule has 0 aromatic heterocycles. The van der Waals surface area contributed by atoms with Gasteiger partial charge in [0.25, 0.3) is 0 Å². The molecule has 0 rings (SSSR count). The van der Waals surface area contributed by atoms with Crippen LogP contribution in [0.25, 0.3) is 0 Å². The van der Waals surface area contributed by atoms with Gasteiger partial charge >= 0.3 is 0 Å². The van der Waals surface area contributed by atoms with Gasteiger partial charge in [0, 0.05) is 13.3 Å². The molecule has 0 aliphatic carbocycles. The summed E-state index contributed by atoms with van der Waals surface area (Å²) in [5, 5.41) is 0. The molecule has 0 aliphatic heterocycles. The van der Waals surface area contributed by atoms with E-state index in [1.165, 1.54) is 0 Å². The Morgan fingerprint density at radius 3 is 2.56 bits per heavy atom.